The predicted molar refractivity (Wildman–Crippen MR) is 111 cm³/mol. The first-order valence-electron chi connectivity index (χ1n) is 9.48. The Bertz CT molecular complexity index is 987. The third-order valence-electron chi connectivity index (χ3n) is 5.67. The minimum absolute atomic E-state index is 0.000633. The number of hydrogen-bond donors (Lipinski definition) is 0. The van der Waals surface area contributed by atoms with Crippen LogP contribution in [0.1, 0.15) is 58.2 Å². The summed E-state index contributed by atoms with van der Waals surface area (Å²) in [6.45, 7) is 7.16. The number of halogens is 2. The minimum Gasteiger partial charge on any atom is -0.332 e. The number of carbonyl (C=O) groups is 2. The molecular weight excluding hydrogens is 395 g/mol. The first-order valence-corrected chi connectivity index (χ1v) is 10.2. The van der Waals surface area contributed by atoms with E-state index in [0.29, 0.717) is 40.7 Å². The summed E-state index contributed by atoms with van der Waals surface area (Å²) in [5.41, 5.74) is 4.23. The van der Waals surface area contributed by atoms with Crippen molar-refractivity contribution in [2.45, 2.75) is 52.4 Å². The van der Waals surface area contributed by atoms with Gasteiger partial charge in [-0.15, -0.1) is 0 Å². The van der Waals surface area contributed by atoms with E-state index in [4.69, 9.17) is 23.2 Å². The zero-order valence-corrected chi connectivity index (χ0v) is 17.6. The molecule has 1 atom stereocenters. The van der Waals surface area contributed by atoms with Gasteiger partial charge in [-0.25, -0.2) is 0 Å². The first kappa shape index (κ1) is 19.3. The second-order valence-electron chi connectivity index (χ2n) is 7.92. The number of rotatable bonds is 4. The number of hydrogen-bond acceptors (Lipinski definition) is 2. The van der Waals surface area contributed by atoms with Gasteiger partial charge in [-0.1, -0.05) is 29.3 Å². The number of benzene rings is 2. The number of nitrogens with zero attached hydrogens (tertiary/aromatic N) is 2. The Morgan fingerprint density at radius 3 is 2.36 bits per heavy atom. The molecule has 6 heteroatoms. The second kappa shape index (κ2) is 7.09. The molecule has 4 nitrogen and oxygen atoms in total. The molecule has 0 saturated carbocycles. The third kappa shape index (κ3) is 3.19. The summed E-state index contributed by atoms with van der Waals surface area (Å²) in [5, 5.41) is 1.19. The van der Waals surface area contributed by atoms with Crippen LogP contribution in [0.25, 0.3) is 0 Å². The highest BCUT2D eigenvalue weighted by Crippen LogP contribution is 2.33. The van der Waals surface area contributed by atoms with Crippen molar-refractivity contribution in [1.29, 1.82) is 0 Å². The van der Waals surface area contributed by atoms with Gasteiger partial charge in [0.15, 0.2) is 0 Å². The zero-order valence-electron chi connectivity index (χ0n) is 16.1. The molecule has 2 aliphatic heterocycles. The second-order valence-corrected chi connectivity index (χ2v) is 8.76. The highest BCUT2D eigenvalue weighted by Gasteiger charge is 2.33. The van der Waals surface area contributed by atoms with Gasteiger partial charge >= 0.3 is 0 Å². The summed E-state index contributed by atoms with van der Waals surface area (Å²) in [7, 11) is 0. The summed E-state index contributed by atoms with van der Waals surface area (Å²) in [5.74, 6) is 0.0278. The number of fused-ring (bicyclic) bond motifs is 2. The Morgan fingerprint density at radius 1 is 0.929 bits per heavy atom. The molecular formula is C22H22Cl2N2O2. The molecule has 0 aromatic heterocycles. The SMILES string of the molecule is CC(C)N1Cc2c(Cl)cc(CC(C)N3Cc4ccc(Cl)cc4C3=O)cc2C1=O. The van der Waals surface area contributed by atoms with E-state index < -0.39 is 0 Å². The predicted octanol–water partition coefficient (Wildman–Crippen LogP) is 4.94. The number of carbonyl (C=O) groups excluding carboxylic acids is 2. The van der Waals surface area contributed by atoms with Crippen molar-refractivity contribution in [3.8, 4) is 0 Å². The first-order chi connectivity index (χ1) is 13.3. The summed E-state index contributed by atoms with van der Waals surface area (Å²) in [6, 6.07) is 9.43. The normalized spacial score (nSPS) is 16.8. The van der Waals surface area contributed by atoms with E-state index in [-0.39, 0.29) is 23.9 Å². The Hall–Kier alpha value is -2.04. The average molecular weight is 417 g/mol. The van der Waals surface area contributed by atoms with Crippen LogP contribution in [-0.4, -0.2) is 33.7 Å². The van der Waals surface area contributed by atoms with Gasteiger partial charge in [0.05, 0.1) is 0 Å². The molecule has 2 aliphatic rings. The fraction of sp³-hybridized carbons (Fsp3) is 0.364. The van der Waals surface area contributed by atoms with E-state index in [0.717, 1.165) is 16.7 Å². The molecule has 4 rings (SSSR count). The largest absolute Gasteiger partial charge is 0.332 e. The summed E-state index contributed by atoms with van der Waals surface area (Å²) in [6.07, 6.45) is 0.634. The molecule has 0 saturated heterocycles. The fourth-order valence-electron chi connectivity index (χ4n) is 4.08. The molecule has 0 spiro atoms. The quantitative estimate of drug-likeness (QED) is 0.707. The molecule has 2 heterocycles. The lowest BCUT2D eigenvalue weighted by molar-refractivity contribution is 0.0711. The van der Waals surface area contributed by atoms with Crippen molar-refractivity contribution in [3.63, 3.8) is 0 Å². The summed E-state index contributed by atoms with van der Waals surface area (Å²) >= 11 is 12.5. The molecule has 0 bridgehead atoms. The van der Waals surface area contributed by atoms with E-state index in [1.165, 1.54) is 0 Å². The van der Waals surface area contributed by atoms with Gasteiger partial charge in [0.2, 0.25) is 0 Å². The van der Waals surface area contributed by atoms with Crippen LogP contribution in [0.4, 0.5) is 0 Å². The maximum atomic E-state index is 12.8. The molecule has 0 radical (unpaired) electrons. The minimum atomic E-state index is -0.0227. The van der Waals surface area contributed by atoms with Crippen LogP contribution < -0.4 is 0 Å². The van der Waals surface area contributed by atoms with Crippen molar-refractivity contribution in [3.05, 3.63) is 68.2 Å². The average Bonchev–Trinajstić information content (AvgIpc) is 3.14. The van der Waals surface area contributed by atoms with E-state index >= 15 is 0 Å². The van der Waals surface area contributed by atoms with Crippen LogP contribution in [0, 0.1) is 0 Å². The van der Waals surface area contributed by atoms with Gasteiger partial charge in [0, 0.05) is 51.9 Å². The maximum absolute atomic E-state index is 12.8. The van der Waals surface area contributed by atoms with Crippen molar-refractivity contribution in [2.75, 3.05) is 0 Å². The lowest BCUT2D eigenvalue weighted by Crippen LogP contribution is -2.34. The Morgan fingerprint density at radius 2 is 1.64 bits per heavy atom. The topological polar surface area (TPSA) is 40.6 Å². The lowest BCUT2D eigenvalue weighted by atomic mass is 10.0. The van der Waals surface area contributed by atoms with E-state index in [1.54, 1.807) is 6.07 Å². The van der Waals surface area contributed by atoms with Crippen molar-refractivity contribution in [1.82, 2.24) is 9.80 Å². The van der Waals surface area contributed by atoms with E-state index in [9.17, 15) is 9.59 Å². The molecule has 1 unspecified atom stereocenters. The zero-order chi connectivity index (χ0) is 20.2. The molecule has 0 aliphatic carbocycles. The van der Waals surface area contributed by atoms with Crippen LogP contribution in [0.15, 0.2) is 30.3 Å². The monoisotopic (exact) mass is 416 g/mol. The van der Waals surface area contributed by atoms with Crippen LogP contribution >= 0.6 is 23.2 Å². The van der Waals surface area contributed by atoms with Gasteiger partial charge in [-0.2, -0.15) is 0 Å². The highest BCUT2D eigenvalue weighted by molar-refractivity contribution is 6.32. The Labute approximate surface area is 175 Å². The van der Waals surface area contributed by atoms with Gasteiger partial charge in [0.1, 0.15) is 0 Å². The van der Waals surface area contributed by atoms with E-state index in [1.807, 2.05) is 54.8 Å². The lowest BCUT2D eigenvalue weighted by Gasteiger charge is -2.24. The Balaban J connectivity index is 1.56. The van der Waals surface area contributed by atoms with Gasteiger partial charge in [-0.3, -0.25) is 9.59 Å². The van der Waals surface area contributed by atoms with Gasteiger partial charge in [-0.05, 0) is 62.6 Å². The number of amides is 2. The summed E-state index contributed by atoms with van der Waals surface area (Å²) < 4.78 is 0. The summed E-state index contributed by atoms with van der Waals surface area (Å²) in [4.78, 5) is 29.2. The molecule has 0 fully saturated rings. The van der Waals surface area contributed by atoms with Gasteiger partial charge < -0.3 is 9.80 Å². The van der Waals surface area contributed by atoms with Crippen LogP contribution in [-0.2, 0) is 19.5 Å². The smallest absolute Gasteiger partial charge is 0.254 e. The molecule has 146 valence electrons. The van der Waals surface area contributed by atoms with E-state index in [2.05, 4.69) is 0 Å². The molecule has 2 aromatic carbocycles. The van der Waals surface area contributed by atoms with Crippen LogP contribution in [0.2, 0.25) is 10.0 Å². The third-order valence-corrected chi connectivity index (χ3v) is 6.24. The van der Waals surface area contributed by atoms with Gasteiger partial charge in [0.25, 0.3) is 11.8 Å². The molecule has 2 aromatic rings. The van der Waals surface area contributed by atoms with Crippen LogP contribution in [0.5, 0.6) is 0 Å². The van der Waals surface area contributed by atoms with Crippen molar-refractivity contribution >= 4 is 35.0 Å². The molecule has 0 N–H and O–H groups in total. The Kier molecular flexibility index (Phi) is 4.88. The van der Waals surface area contributed by atoms with Crippen molar-refractivity contribution < 1.29 is 9.59 Å². The maximum Gasteiger partial charge on any atom is 0.254 e. The highest BCUT2D eigenvalue weighted by atomic mass is 35.5. The molecule has 28 heavy (non-hydrogen) atoms. The van der Waals surface area contributed by atoms with Crippen molar-refractivity contribution in [2.24, 2.45) is 0 Å². The fourth-order valence-corrected chi connectivity index (χ4v) is 4.55. The standard InChI is InChI=1S/C22H22Cl2N2O2/c1-12(2)25-11-19-18(22(25)28)7-14(8-20(19)24)6-13(3)26-10-15-4-5-16(23)9-17(15)21(26)27/h4-5,7-9,12-13H,6,10-11H2,1-3H3. The van der Waals surface area contributed by atoms with Crippen LogP contribution in [0.3, 0.4) is 0 Å². The molecule has 2 amide bonds.